The summed E-state index contributed by atoms with van der Waals surface area (Å²) in [6, 6.07) is 0. The molecule has 0 spiro atoms. The molecule has 0 aromatic carbocycles. The zero-order valence-electron chi connectivity index (χ0n) is 11.5. The molecule has 1 amide bonds. The fourth-order valence-corrected chi connectivity index (χ4v) is 2.58. The van der Waals surface area contributed by atoms with Gasteiger partial charge in [-0.05, 0) is 18.5 Å². The Morgan fingerprint density at radius 2 is 2.24 bits per heavy atom. The van der Waals surface area contributed by atoms with E-state index in [0.29, 0.717) is 18.8 Å². The van der Waals surface area contributed by atoms with E-state index in [1.54, 1.807) is 6.92 Å². The van der Waals surface area contributed by atoms with Crippen molar-refractivity contribution in [1.29, 1.82) is 0 Å². The molecular formula is C11H14N6O3S. The SMILES string of the molecule is Cc1nsc(N(C)C(=O)c2cn(CCN)nn2)c1C(=O)O. The first-order chi connectivity index (χ1) is 9.95. The number of carboxylic acids is 1. The van der Waals surface area contributed by atoms with Gasteiger partial charge < -0.3 is 10.8 Å². The lowest BCUT2D eigenvalue weighted by Gasteiger charge is -2.13. The molecule has 0 saturated heterocycles. The first kappa shape index (κ1) is 15.1. The van der Waals surface area contributed by atoms with Gasteiger partial charge in [-0.3, -0.25) is 14.4 Å². The van der Waals surface area contributed by atoms with Crippen LogP contribution in [0.3, 0.4) is 0 Å². The molecule has 2 aromatic heterocycles. The van der Waals surface area contributed by atoms with Crippen molar-refractivity contribution >= 4 is 28.4 Å². The van der Waals surface area contributed by atoms with Gasteiger partial charge in [-0.1, -0.05) is 5.21 Å². The summed E-state index contributed by atoms with van der Waals surface area (Å²) < 4.78 is 5.43. The number of carboxylic acid groups (broad SMARTS) is 1. The van der Waals surface area contributed by atoms with Crippen molar-refractivity contribution in [1.82, 2.24) is 19.4 Å². The van der Waals surface area contributed by atoms with Gasteiger partial charge >= 0.3 is 5.97 Å². The summed E-state index contributed by atoms with van der Waals surface area (Å²) in [5, 5.41) is 17.0. The Morgan fingerprint density at radius 1 is 1.52 bits per heavy atom. The van der Waals surface area contributed by atoms with E-state index in [4.69, 9.17) is 5.73 Å². The molecular weight excluding hydrogens is 296 g/mol. The van der Waals surface area contributed by atoms with Crippen LogP contribution in [0.5, 0.6) is 0 Å². The number of amides is 1. The minimum absolute atomic E-state index is 0.0187. The second-order valence-corrected chi connectivity index (χ2v) is 5.02. The zero-order chi connectivity index (χ0) is 15.6. The van der Waals surface area contributed by atoms with Gasteiger partial charge in [0.1, 0.15) is 10.6 Å². The summed E-state index contributed by atoms with van der Waals surface area (Å²) in [6.07, 6.45) is 1.47. The number of anilines is 1. The van der Waals surface area contributed by atoms with Crippen molar-refractivity contribution in [3.63, 3.8) is 0 Å². The highest BCUT2D eigenvalue weighted by atomic mass is 32.1. The zero-order valence-corrected chi connectivity index (χ0v) is 12.3. The molecule has 2 rings (SSSR count). The Bertz CT molecular complexity index is 679. The Morgan fingerprint density at radius 3 is 2.86 bits per heavy atom. The van der Waals surface area contributed by atoms with Crippen LogP contribution in [-0.2, 0) is 6.54 Å². The predicted octanol–water partition coefficient (Wildman–Crippen LogP) is -0.0235. The van der Waals surface area contributed by atoms with E-state index in [-0.39, 0.29) is 16.3 Å². The van der Waals surface area contributed by atoms with Crippen molar-refractivity contribution in [2.75, 3.05) is 18.5 Å². The van der Waals surface area contributed by atoms with E-state index in [9.17, 15) is 14.7 Å². The standard InChI is InChI=1S/C11H14N6O3S/c1-6-8(11(19)20)10(21-14-6)16(2)9(18)7-5-17(4-3-12)15-13-7/h5H,3-4,12H2,1-2H3,(H,19,20). The van der Waals surface area contributed by atoms with Gasteiger partial charge in [0.2, 0.25) is 0 Å². The molecule has 0 aliphatic carbocycles. The molecule has 3 N–H and O–H groups in total. The van der Waals surface area contributed by atoms with Gasteiger partial charge in [-0.15, -0.1) is 5.10 Å². The Labute approximate surface area is 124 Å². The van der Waals surface area contributed by atoms with Crippen molar-refractivity contribution in [2.24, 2.45) is 5.73 Å². The fourth-order valence-electron chi connectivity index (χ4n) is 1.73. The number of aromatic carboxylic acids is 1. The number of aryl methyl sites for hydroxylation is 1. The second-order valence-electron chi connectivity index (χ2n) is 4.27. The van der Waals surface area contributed by atoms with Crippen molar-refractivity contribution in [3.8, 4) is 0 Å². The third-order valence-electron chi connectivity index (χ3n) is 2.78. The summed E-state index contributed by atoms with van der Waals surface area (Å²) in [5.41, 5.74) is 5.90. The van der Waals surface area contributed by atoms with E-state index in [1.807, 2.05) is 0 Å². The molecule has 0 aliphatic heterocycles. The van der Waals surface area contributed by atoms with Crippen LogP contribution in [0.2, 0.25) is 0 Å². The largest absolute Gasteiger partial charge is 0.478 e. The molecule has 0 aliphatic rings. The third-order valence-corrected chi connectivity index (χ3v) is 3.80. The van der Waals surface area contributed by atoms with E-state index in [1.165, 1.54) is 22.8 Å². The van der Waals surface area contributed by atoms with Crippen LogP contribution in [-0.4, -0.2) is 49.9 Å². The molecule has 2 heterocycles. The molecule has 0 unspecified atom stereocenters. The lowest BCUT2D eigenvalue weighted by Crippen LogP contribution is -2.27. The maximum Gasteiger partial charge on any atom is 0.340 e. The second kappa shape index (κ2) is 5.97. The number of hydrogen-bond donors (Lipinski definition) is 2. The Hall–Kier alpha value is -2.33. The van der Waals surface area contributed by atoms with Crippen LogP contribution >= 0.6 is 11.5 Å². The summed E-state index contributed by atoms with van der Waals surface area (Å²) in [7, 11) is 1.48. The van der Waals surface area contributed by atoms with Crippen LogP contribution < -0.4 is 10.6 Å². The lowest BCUT2D eigenvalue weighted by molar-refractivity contribution is 0.0697. The molecule has 0 fully saturated rings. The maximum atomic E-state index is 12.3. The van der Waals surface area contributed by atoms with Gasteiger partial charge in [-0.25, -0.2) is 4.79 Å². The lowest BCUT2D eigenvalue weighted by atomic mass is 10.2. The highest BCUT2D eigenvalue weighted by molar-refractivity contribution is 7.11. The third kappa shape index (κ3) is 2.90. The molecule has 0 bridgehead atoms. The molecule has 0 radical (unpaired) electrons. The van der Waals surface area contributed by atoms with E-state index < -0.39 is 11.9 Å². The summed E-state index contributed by atoms with van der Waals surface area (Å²) in [4.78, 5) is 24.8. The Balaban J connectivity index is 2.28. The summed E-state index contributed by atoms with van der Waals surface area (Å²) in [5.74, 6) is -1.58. The minimum atomic E-state index is -1.12. The van der Waals surface area contributed by atoms with Crippen molar-refractivity contribution in [2.45, 2.75) is 13.5 Å². The molecule has 9 nitrogen and oxygen atoms in total. The molecule has 0 atom stereocenters. The number of carbonyl (C=O) groups excluding carboxylic acids is 1. The smallest absolute Gasteiger partial charge is 0.340 e. The molecule has 10 heteroatoms. The monoisotopic (exact) mass is 310 g/mol. The molecule has 21 heavy (non-hydrogen) atoms. The molecule has 2 aromatic rings. The highest BCUT2D eigenvalue weighted by Crippen LogP contribution is 2.28. The highest BCUT2D eigenvalue weighted by Gasteiger charge is 2.26. The topological polar surface area (TPSA) is 127 Å². The number of rotatable bonds is 5. The van der Waals surface area contributed by atoms with Crippen LogP contribution in [0.25, 0.3) is 0 Å². The average molecular weight is 310 g/mol. The first-order valence-electron chi connectivity index (χ1n) is 6.03. The number of aromatic nitrogens is 4. The Kier molecular flexibility index (Phi) is 4.29. The predicted molar refractivity (Wildman–Crippen MR) is 75.6 cm³/mol. The first-order valence-corrected chi connectivity index (χ1v) is 6.80. The number of hydrogen-bond acceptors (Lipinski definition) is 7. The van der Waals surface area contributed by atoms with Gasteiger partial charge in [0.05, 0.1) is 18.4 Å². The van der Waals surface area contributed by atoms with Crippen LogP contribution in [0.4, 0.5) is 5.00 Å². The van der Waals surface area contributed by atoms with E-state index in [0.717, 1.165) is 11.5 Å². The minimum Gasteiger partial charge on any atom is -0.478 e. The number of nitrogens with two attached hydrogens (primary N) is 1. The van der Waals surface area contributed by atoms with Crippen LogP contribution in [0, 0.1) is 6.92 Å². The normalized spacial score (nSPS) is 10.6. The molecule has 112 valence electrons. The maximum absolute atomic E-state index is 12.3. The number of carbonyl (C=O) groups is 2. The summed E-state index contributed by atoms with van der Waals surface area (Å²) in [6.45, 7) is 2.41. The average Bonchev–Trinajstić information content (AvgIpc) is 3.04. The van der Waals surface area contributed by atoms with Crippen LogP contribution in [0.15, 0.2) is 6.20 Å². The van der Waals surface area contributed by atoms with Gasteiger partial charge in [0.25, 0.3) is 5.91 Å². The van der Waals surface area contributed by atoms with E-state index in [2.05, 4.69) is 14.7 Å². The van der Waals surface area contributed by atoms with Crippen molar-refractivity contribution in [3.05, 3.63) is 23.1 Å². The fraction of sp³-hybridized carbons (Fsp3) is 0.364. The van der Waals surface area contributed by atoms with Gasteiger partial charge in [-0.2, -0.15) is 4.37 Å². The quantitative estimate of drug-likeness (QED) is 0.794. The summed E-state index contributed by atoms with van der Waals surface area (Å²) >= 11 is 0.952. The number of nitrogens with zero attached hydrogens (tertiary/aromatic N) is 5. The van der Waals surface area contributed by atoms with E-state index >= 15 is 0 Å². The van der Waals surface area contributed by atoms with Gasteiger partial charge in [0, 0.05) is 13.6 Å². The van der Waals surface area contributed by atoms with Gasteiger partial charge in [0.15, 0.2) is 5.69 Å². The van der Waals surface area contributed by atoms with Crippen molar-refractivity contribution < 1.29 is 14.7 Å². The van der Waals surface area contributed by atoms with Crippen LogP contribution in [0.1, 0.15) is 26.5 Å². The molecule has 0 saturated carbocycles.